The Labute approximate surface area is 109 Å². The van der Waals surface area contributed by atoms with E-state index in [2.05, 4.69) is 4.98 Å². The first-order chi connectivity index (χ1) is 9.08. The molecule has 4 nitrogen and oxygen atoms in total. The topological polar surface area (TPSA) is 53.1 Å². The van der Waals surface area contributed by atoms with Crippen LogP contribution >= 0.6 is 0 Å². The molecule has 2 rings (SSSR count). The Morgan fingerprint density at radius 2 is 2.05 bits per heavy atom. The molecule has 0 aliphatic carbocycles. The fraction of sp³-hybridized carbons (Fsp3) is 0.308. The highest BCUT2D eigenvalue weighted by Gasteiger charge is 2.16. The molecule has 0 spiro atoms. The van der Waals surface area contributed by atoms with E-state index in [0.29, 0.717) is 18.7 Å². The average molecular weight is 267 g/mol. The van der Waals surface area contributed by atoms with Crippen LogP contribution in [-0.4, -0.2) is 23.2 Å². The van der Waals surface area contributed by atoms with Crippen molar-refractivity contribution in [2.75, 3.05) is 13.7 Å². The number of nitrogens with zero attached hydrogens (tertiary/aromatic N) is 2. The number of aromatic nitrogens is 2. The van der Waals surface area contributed by atoms with Gasteiger partial charge in [-0.05, 0) is 12.6 Å². The first kappa shape index (κ1) is 13.5. The standard InChI is InChI=1S/C13H15F2N3O/c1-18-11(7-17-13(18)3-4-16)8-5-10(15)12(19-2)6-9(8)14/h5-7H,3-4,16H2,1-2H3. The molecule has 0 amide bonds. The highest BCUT2D eigenvalue weighted by Crippen LogP contribution is 2.29. The van der Waals surface area contributed by atoms with Gasteiger partial charge in [-0.15, -0.1) is 0 Å². The van der Waals surface area contributed by atoms with Crippen LogP contribution in [0.25, 0.3) is 11.3 Å². The molecule has 0 atom stereocenters. The Bertz CT molecular complexity index is 596. The summed E-state index contributed by atoms with van der Waals surface area (Å²) in [6.07, 6.45) is 2.09. The van der Waals surface area contributed by atoms with Crippen LogP contribution in [0.4, 0.5) is 8.78 Å². The molecule has 0 radical (unpaired) electrons. The smallest absolute Gasteiger partial charge is 0.165 e. The second kappa shape index (κ2) is 5.36. The molecule has 1 aromatic carbocycles. The summed E-state index contributed by atoms with van der Waals surface area (Å²) in [5.74, 6) is -0.556. The van der Waals surface area contributed by atoms with Crippen molar-refractivity contribution >= 4 is 0 Å². The molecule has 0 aliphatic heterocycles. The zero-order valence-corrected chi connectivity index (χ0v) is 10.8. The van der Waals surface area contributed by atoms with Crippen LogP contribution in [0, 0.1) is 11.6 Å². The molecule has 2 N–H and O–H groups in total. The number of rotatable bonds is 4. The zero-order chi connectivity index (χ0) is 14.0. The maximum Gasteiger partial charge on any atom is 0.165 e. The van der Waals surface area contributed by atoms with E-state index in [9.17, 15) is 8.78 Å². The molecule has 1 aromatic heterocycles. The minimum absolute atomic E-state index is 0.120. The van der Waals surface area contributed by atoms with Crippen molar-refractivity contribution in [2.45, 2.75) is 6.42 Å². The van der Waals surface area contributed by atoms with Crippen molar-refractivity contribution < 1.29 is 13.5 Å². The third kappa shape index (κ3) is 2.44. The summed E-state index contributed by atoms with van der Waals surface area (Å²) in [6, 6.07) is 2.14. The van der Waals surface area contributed by atoms with Gasteiger partial charge in [0, 0.05) is 25.1 Å². The Morgan fingerprint density at radius 1 is 1.32 bits per heavy atom. The Balaban J connectivity index is 2.50. The van der Waals surface area contributed by atoms with Crippen molar-refractivity contribution in [3.63, 3.8) is 0 Å². The predicted molar refractivity (Wildman–Crippen MR) is 67.9 cm³/mol. The Morgan fingerprint density at radius 3 is 2.68 bits per heavy atom. The number of nitrogens with two attached hydrogens (primary N) is 1. The van der Waals surface area contributed by atoms with Crippen LogP contribution in [0.5, 0.6) is 5.75 Å². The lowest BCUT2D eigenvalue weighted by atomic mass is 10.1. The minimum atomic E-state index is -0.611. The lowest BCUT2D eigenvalue weighted by molar-refractivity contribution is 0.383. The fourth-order valence-electron chi connectivity index (χ4n) is 1.94. The van der Waals surface area contributed by atoms with Gasteiger partial charge in [0.1, 0.15) is 11.6 Å². The third-order valence-electron chi connectivity index (χ3n) is 2.97. The van der Waals surface area contributed by atoms with E-state index in [0.717, 1.165) is 18.0 Å². The molecule has 102 valence electrons. The lowest BCUT2D eigenvalue weighted by Gasteiger charge is -2.09. The quantitative estimate of drug-likeness (QED) is 0.920. The van der Waals surface area contributed by atoms with Crippen LogP contribution < -0.4 is 10.5 Å². The van der Waals surface area contributed by atoms with E-state index < -0.39 is 11.6 Å². The van der Waals surface area contributed by atoms with Gasteiger partial charge in [0.15, 0.2) is 11.6 Å². The average Bonchev–Trinajstić information content (AvgIpc) is 2.74. The monoisotopic (exact) mass is 267 g/mol. The summed E-state index contributed by atoms with van der Waals surface area (Å²) in [5, 5.41) is 0. The van der Waals surface area contributed by atoms with Crippen LogP contribution in [0.1, 0.15) is 5.82 Å². The number of hydrogen-bond donors (Lipinski definition) is 1. The van der Waals surface area contributed by atoms with Gasteiger partial charge in [-0.2, -0.15) is 0 Å². The number of halogens is 2. The van der Waals surface area contributed by atoms with E-state index in [1.165, 1.54) is 13.3 Å². The van der Waals surface area contributed by atoms with Crippen molar-refractivity contribution in [2.24, 2.45) is 12.8 Å². The van der Waals surface area contributed by atoms with Crippen molar-refractivity contribution in [3.05, 3.63) is 35.8 Å². The fourth-order valence-corrected chi connectivity index (χ4v) is 1.94. The van der Waals surface area contributed by atoms with Crippen molar-refractivity contribution in [3.8, 4) is 17.0 Å². The van der Waals surface area contributed by atoms with Crippen molar-refractivity contribution in [1.82, 2.24) is 9.55 Å². The minimum Gasteiger partial charge on any atom is -0.494 e. The Kier molecular flexibility index (Phi) is 3.80. The van der Waals surface area contributed by atoms with E-state index in [1.54, 1.807) is 11.6 Å². The molecule has 0 bridgehead atoms. The second-order valence-corrected chi connectivity index (χ2v) is 4.12. The van der Waals surface area contributed by atoms with E-state index in [1.807, 2.05) is 0 Å². The maximum atomic E-state index is 14.0. The third-order valence-corrected chi connectivity index (χ3v) is 2.97. The maximum absolute atomic E-state index is 14.0. The molecule has 1 heterocycles. The number of hydrogen-bond acceptors (Lipinski definition) is 3. The molecule has 0 saturated heterocycles. The van der Waals surface area contributed by atoms with Gasteiger partial charge in [-0.3, -0.25) is 0 Å². The zero-order valence-electron chi connectivity index (χ0n) is 10.8. The van der Waals surface area contributed by atoms with Gasteiger partial charge < -0.3 is 15.0 Å². The van der Waals surface area contributed by atoms with Crippen molar-refractivity contribution in [1.29, 1.82) is 0 Å². The predicted octanol–water partition coefficient (Wildman–Crippen LogP) is 1.88. The molecule has 0 fully saturated rings. The summed E-state index contributed by atoms with van der Waals surface area (Å²) in [6.45, 7) is 0.448. The second-order valence-electron chi connectivity index (χ2n) is 4.12. The lowest BCUT2D eigenvalue weighted by Crippen LogP contribution is -2.08. The first-order valence-corrected chi connectivity index (χ1v) is 5.82. The molecule has 2 aromatic rings. The normalized spacial score (nSPS) is 10.8. The molecule has 6 heteroatoms. The van der Waals surface area contributed by atoms with Crippen LogP contribution in [0.15, 0.2) is 18.3 Å². The summed E-state index contributed by atoms with van der Waals surface area (Å²) in [7, 11) is 3.04. The van der Waals surface area contributed by atoms with Gasteiger partial charge in [-0.1, -0.05) is 0 Å². The van der Waals surface area contributed by atoms with E-state index in [-0.39, 0.29) is 11.3 Å². The van der Waals surface area contributed by atoms with Gasteiger partial charge >= 0.3 is 0 Å². The van der Waals surface area contributed by atoms with Gasteiger partial charge in [0.05, 0.1) is 19.0 Å². The number of benzene rings is 1. The van der Waals surface area contributed by atoms with Crippen LogP contribution in [-0.2, 0) is 13.5 Å². The van der Waals surface area contributed by atoms with Gasteiger partial charge in [0.2, 0.25) is 0 Å². The summed E-state index contributed by atoms with van der Waals surface area (Å²) in [4.78, 5) is 4.16. The number of imidazole rings is 1. The number of ether oxygens (including phenoxy) is 1. The molecule has 0 unspecified atom stereocenters. The largest absolute Gasteiger partial charge is 0.494 e. The summed E-state index contributed by atoms with van der Waals surface area (Å²) in [5.41, 5.74) is 6.12. The summed E-state index contributed by atoms with van der Waals surface area (Å²) >= 11 is 0. The summed E-state index contributed by atoms with van der Waals surface area (Å²) < 4.78 is 34.1. The molecule has 0 aliphatic rings. The van der Waals surface area contributed by atoms with Crippen LogP contribution in [0.3, 0.4) is 0 Å². The molecular weight excluding hydrogens is 252 g/mol. The first-order valence-electron chi connectivity index (χ1n) is 5.82. The van der Waals surface area contributed by atoms with Gasteiger partial charge in [-0.25, -0.2) is 13.8 Å². The highest BCUT2D eigenvalue weighted by molar-refractivity contribution is 5.61. The number of methoxy groups -OCH3 is 1. The van der Waals surface area contributed by atoms with Gasteiger partial charge in [0.25, 0.3) is 0 Å². The van der Waals surface area contributed by atoms with E-state index >= 15 is 0 Å². The molecular formula is C13H15F2N3O. The Hall–Kier alpha value is -1.95. The molecule has 0 saturated carbocycles. The molecule has 19 heavy (non-hydrogen) atoms. The highest BCUT2D eigenvalue weighted by atomic mass is 19.1. The van der Waals surface area contributed by atoms with Crippen LogP contribution in [0.2, 0.25) is 0 Å². The van der Waals surface area contributed by atoms with E-state index in [4.69, 9.17) is 10.5 Å². The SMILES string of the molecule is COc1cc(F)c(-c2cnc(CCN)n2C)cc1F.